The van der Waals surface area contributed by atoms with E-state index in [4.69, 9.17) is 21.3 Å². The van der Waals surface area contributed by atoms with Crippen molar-refractivity contribution in [2.45, 2.75) is 58.9 Å². The molecule has 7 nitrogen and oxygen atoms in total. The number of hydrogen-bond acceptors (Lipinski definition) is 5. The highest BCUT2D eigenvalue weighted by Gasteiger charge is 2.29. The maximum absolute atomic E-state index is 13.7. The Balaban J connectivity index is 2.14. The summed E-state index contributed by atoms with van der Waals surface area (Å²) < 4.78 is 6.55. The third kappa shape index (κ3) is 6.28. The molecule has 0 radical (unpaired) electrons. The Labute approximate surface area is 210 Å². The number of halogens is 1. The van der Waals surface area contributed by atoms with Crippen LogP contribution in [0.25, 0.3) is 16.6 Å². The number of carbonyl (C=O) groups excluding carboxylic acids is 2. The van der Waals surface area contributed by atoms with Crippen molar-refractivity contribution in [3.63, 3.8) is 0 Å². The second-order valence-electron chi connectivity index (χ2n) is 8.28. The summed E-state index contributed by atoms with van der Waals surface area (Å²) in [7, 11) is 0. The predicted molar refractivity (Wildman–Crippen MR) is 138 cm³/mol. The molecular formula is C27H32ClN3O4. The van der Waals surface area contributed by atoms with Crippen molar-refractivity contribution in [3.05, 3.63) is 69.7 Å². The summed E-state index contributed by atoms with van der Waals surface area (Å²) in [6.45, 7) is 6.52. The third-order valence-electron chi connectivity index (χ3n) is 5.85. The summed E-state index contributed by atoms with van der Waals surface area (Å²) in [4.78, 5) is 45.6. The van der Waals surface area contributed by atoms with Gasteiger partial charge in [-0.3, -0.25) is 19.0 Å². The van der Waals surface area contributed by atoms with E-state index in [2.05, 4.69) is 6.92 Å². The van der Waals surface area contributed by atoms with Crippen LogP contribution in [-0.2, 0) is 14.3 Å². The molecule has 0 bridgehead atoms. The van der Waals surface area contributed by atoms with Gasteiger partial charge in [0.25, 0.3) is 5.56 Å². The standard InChI is InChI=1S/C27H32ClN3O4/c1-4-7-17-30(24(32)15-16-25(33)35-6-3)23(5-2)26-29-22-14-9-8-13-21(22)27(34)31(26)20-12-10-11-19(28)18-20/h8-14,18,23H,4-7,15-17H2,1-3H3. The van der Waals surface area contributed by atoms with Crippen molar-refractivity contribution in [3.8, 4) is 5.69 Å². The summed E-state index contributed by atoms with van der Waals surface area (Å²) in [6.07, 6.45) is 2.27. The van der Waals surface area contributed by atoms with Crippen LogP contribution >= 0.6 is 11.6 Å². The molecule has 0 saturated carbocycles. The minimum absolute atomic E-state index is 0.0119. The van der Waals surface area contributed by atoms with Gasteiger partial charge in [-0.05, 0) is 50.1 Å². The van der Waals surface area contributed by atoms with E-state index in [0.717, 1.165) is 12.8 Å². The number of esters is 1. The molecule has 1 unspecified atom stereocenters. The van der Waals surface area contributed by atoms with Crippen molar-refractivity contribution in [2.24, 2.45) is 0 Å². The molecule has 1 heterocycles. The molecule has 0 aliphatic carbocycles. The lowest BCUT2D eigenvalue weighted by molar-refractivity contribution is -0.146. The zero-order chi connectivity index (χ0) is 25.4. The van der Waals surface area contributed by atoms with Crippen molar-refractivity contribution < 1.29 is 14.3 Å². The SMILES string of the molecule is CCCCN(C(=O)CCC(=O)OCC)C(CC)c1nc2ccccc2c(=O)n1-c1cccc(Cl)c1. The topological polar surface area (TPSA) is 81.5 Å². The molecule has 0 aliphatic rings. The fourth-order valence-electron chi connectivity index (χ4n) is 4.15. The van der Waals surface area contributed by atoms with Gasteiger partial charge in [0.1, 0.15) is 5.82 Å². The van der Waals surface area contributed by atoms with Gasteiger partial charge in [0.2, 0.25) is 5.91 Å². The van der Waals surface area contributed by atoms with Gasteiger partial charge in [-0.1, -0.05) is 50.1 Å². The number of unbranched alkanes of at least 4 members (excludes halogenated alkanes) is 1. The highest BCUT2D eigenvalue weighted by atomic mass is 35.5. The van der Waals surface area contributed by atoms with Gasteiger partial charge in [-0.15, -0.1) is 0 Å². The van der Waals surface area contributed by atoms with Gasteiger partial charge in [0.15, 0.2) is 0 Å². The molecule has 8 heteroatoms. The molecule has 3 rings (SSSR count). The number of aromatic nitrogens is 2. The Morgan fingerprint density at radius 1 is 1.09 bits per heavy atom. The zero-order valence-electron chi connectivity index (χ0n) is 20.5. The molecule has 0 N–H and O–H groups in total. The van der Waals surface area contributed by atoms with Crippen molar-refractivity contribution in [2.75, 3.05) is 13.2 Å². The summed E-state index contributed by atoms with van der Waals surface area (Å²) in [6, 6.07) is 13.8. The second-order valence-corrected chi connectivity index (χ2v) is 8.71. The first kappa shape index (κ1) is 26.4. The number of para-hydroxylation sites is 1. The van der Waals surface area contributed by atoms with Crippen LogP contribution in [-0.4, -0.2) is 39.5 Å². The monoisotopic (exact) mass is 497 g/mol. The molecule has 0 fully saturated rings. The molecule has 1 atom stereocenters. The average molecular weight is 498 g/mol. The van der Waals surface area contributed by atoms with Crippen LogP contribution in [0.4, 0.5) is 0 Å². The van der Waals surface area contributed by atoms with Crippen LogP contribution < -0.4 is 5.56 Å². The van der Waals surface area contributed by atoms with E-state index < -0.39 is 12.0 Å². The van der Waals surface area contributed by atoms with Crippen molar-refractivity contribution in [1.29, 1.82) is 0 Å². The lowest BCUT2D eigenvalue weighted by atomic mass is 10.1. The minimum Gasteiger partial charge on any atom is -0.466 e. The van der Waals surface area contributed by atoms with E-state index in [1.165, 1.54) is 0 Å². The quantitative estimate of drug-likeness (QED) is 0.328. The number of rotatable bonds is 11. The predicted octanol–water partition coefficient (Wildman–Crippen LogP) is 5.46. The first-order valence-corrected chi connectivity index (χ1v) is 12.5. The normalized spacial score (nSPS) is 11.9. The Morgan fingerprint density at radius 2 is 1.86 bits per heavy atom. The molecular weight excluding hydrogens is 466 g/mol. The number of benzene rings is 2. The Bertz CT molecular complexity index is 1240. The summed E-state index contributed by atoms with van der Waals surface area (Å²) in [5.74, 6) is -0.0959. The molecule has 35 heavy (non-hydrogen) atoms. The Kier molecular flexibility index (Phi) is 9.43. The lowest BCUT2D eigenvalue weighted by Crippen LogP contribution is -2.39. The lowest BCUT2D eigenvalue weighted by Gasteiger charge is -2.32. The average Bonchev–Trinajstić information content (AvgIpc) is 2.85. The van der Waals surface area contributed by atoms with Crippen LogP contribution in [0.5, 0.6) is 0 Å². The molecule has 0 saturated heterocycles. The maximum atomic E-state index is 13.7. The molecule has 1 aromatic heterocycles. The van der Waals surface area contributed by atoms with E-state index in [1.807, 2.05) is 13.0 Å². The van der Waals surface area contributed by atoms with Crippen LogP contribution in [0.3, 0.4) is 0 Å². The Hall–Kier alpha value is -3.19. The number of nitrogens with zero attached hydrogens (tertiary/aromatic N) is 3. The van der Waals surface area contributed by atoms with Gasteiger partial charge in [0.05, 0.1) is 35.7 Å². The van der Waals surface area contributed by atoms with Gasteiger partial charge in [-0.25, -0.2) is 4.98 Å². The number of hydrogen-bond donors (Lipinski definition) is 0. The van der Waals surface area contributed by atoms with Crippen molar-refractivity contribution >= 4 is 34.4 Å². The highest BCUT2D eigenvalue weighted by Crippen LogP contribution is 2.28. The molecule has 3 aromatic rings. The third-order valence-corrected chi connectivity index (χ3v) is 6.09. The smallest absolute Gasteiger partial charge is 0.306 e. The first-order chi connectivity index (χ1) is 16.9. The second kappa shape index (κ2) is 12.5. The first-order valence-electron chi connectivity index (χ1n) is 12.1. The van der Waals surface area contributed by atoms with E-state index in [-0.39, 0.29) is 30.9 Å². The van der Waals surface area contributed by atoms with E-state index >= 15 is 0 Å². The molecule has 186 valence electrons. The maximum Gasteiger partial charge on any atom is 0.306 e. The summed E-state index contributed by atoms with van der Waals surface area (Å²) in [5, 5.41) is 0.981. The van der Waals surface area contributed by atoms with Crippen molar-refractivity contribution in [1.82, 2.24) is 14.5 Å². The number of amides is 1. The zero-order valence-corrected chi connectivity index (χ0v) is 21.3. The minimum atomic E-state index is -0.465. The van der Waals surface area contributed by atoms with Gasteiger partial charge in [-0.2, -0.15) is 0 Å². The molecule has 0 spiro atoms. The van der Waals surface area contributed by atoms with E-state index in [0.29, 0.717) is 40.4 Å². The highest BCUT2D eigenvalue weighted by molar-refractivity contribution is 6.30. The fraction of sp³-hybridized carbons (Fsp3) is 0.407. The summed E-state index contributed by atoms with van der Waals surface area (Å²) in [5.41, 5.74) is 0.933. The molecule has 2 aromatic carbocycles. The van der Waals surface area contributed by atoms with Gasteiger partial charge < -0.3 is 9.64 Å². The fourth-order valence-corrected chi connectivity index (χ4v) is 4.33. The summed E-state index contributed by atoms with van der Waals surface area (Å²) >= 11 is 6.27. The largest absolute Gasteiger partial charge is 0.466 e. The molecule has 0 aliphatic heterocycles. The van der Waals surface area contributed by atoms with Crippen LogP contribution in [0, 0.1) is 0 Å². The van der Waals surface area contributed by atoms with E-state index in [1.54, 1.807) is 58.9 Å². The van der Waals surface area contributed by atoms with E-state index in [9.17, 15) is 14.4 Å². The number of fused-ring (bicyclic) bond motifs is 1. The Morgan fingerprint density at radius 3 is 2.54 bits per heavy atom. The molecule has 1 amide bonds. The number of ether oxygens (including phenoxy) is 1. The number of carbonyl (C=O) groups is 2. The van der Waals surface area contributed by atoms with Crippen LogP contribution in [0.1, 0.15) is 64.7 Å². The van der Waals surface area contributed by atoms with Gasteiger partial charge >= 0.3 is 5.97 Å². The van der Waals surface area contributed by atoms with Gasteiger partial charge in [0, 0.05) is 18.0 Å². The van der Waals surface area contributed by atoms with Crippen LogP contribution in [0.2, 0.25) is 5.02 Å². The van der Waals surface area contributed by atoms with Crippen LogP contribution in [0.15, 0.2) is 53.3 Å².